The van der Waals surface area contributed by atoms with E-state index in [9.17, 15) is 9.59 Å². The maximum atomic E-state index is 10.7. The number of alkyl halides is 1. The number of likely N-dealkylation sites (tertiary alicyclic amines) is 1. The number of carbonyl (C=O) groups excluding carboxylic acids is 2. The van der Waals surface area contributed by atoms with Gasteiger partial charge in [0.15, 0.2) is 0 Å². The average Bonchev–Trinajstić information content (AvgIpc) is 2.81. The monoisotopic (exact) mass is 289 g/mol. The van der Waals surface area contributed by atoms with Crippen LogP contribution in [-0.2, 0) is 14.3 Å². The molecule has 0 saturated carbocycles. The van der Waals surface area contributed by atoms with Crippen LogP contribution in [0, 0.1) is 0 Å². The molecule has 5 nitrogen and oxygen atoms in total. The Balaban J connectivity index is 0.000000356. The van der Waals surface area contributed by atoms with Crippen molar-refractivity contribution in [3.8, 4) is 0 Å². The van der Waals surface area contributed by atoms with E-state index >= 15 is 0 Å². The van der Waals surface area contributed by atoms with E-state index in [1.165, 1.54) is 6.92 Å². The second kappa shape index (κ2) is 9.58. The van der Waals surface area contributed by atoms with Crippen molar-refractivity contribution in [3.05, 3.63) is 24.9 Å². The summed E-state index contributed by atoms with van der Waals surface area (Å²) in [6, 6.07) is 0. The number of carbonyl (C=O) groups is 2. The molecule has 108 valence electrons. The minimum absolute atomic E-state index is 0.0590. The maximum absolute atomic E-state index is 10.7. The molecule has 0 radical (unpaired) electrons. The van der Waals surface area contributed by atoms with Crippen molar-refractivity contribution in [1.82, 2.24) is 4.90 Å². The fourth-order valence-electron chi connectivity index (χ4n) is 1.20. The summed E-state index contributed by atoms with van der Waals surface area (Å²) < 4.78 is 4.58. The van der Waals surface area contributed by atoms with Crippen molar-refractivity contribution in [2.75, 3.05) is 19.0 Å². The lowest BCUT2D eigenvalue weighted by molar-refractivity contribution is -0.141. The molecule has 0 bridgehead atoms. The summed E-state index contributed by atoms with van der Waals surface area (Å²) in [6.07, 6.45) is 2.49. The molecule has 1 aliphatic rings. The molecule has 0 aromatic carbocycles. The number of amides is 1. The van der Waals surface area contributed by atoms with Crippen LogP contribution in [-0.4, -0.2) is 47.0 Å². The first kappa shape index (κ1) is 17.7. The molecule has 1 rings (SSSR count). The minimum atomic E-state index is -0.792. The fraction of sp³-hybridized carbons (Fsp3) is 0.538. The lowest BCUT2D eigenvalue weighted by atomic mass is 10.3. The largest absolute Gasteiger partial charge is 0.460 e. The van der Waals surface area contributed by atoms with E-state index in [0.717, 1.165) is 13.0 Å². The molecular weight excluding hydrogens is 270 g/mol. The zero-order chi connectivity index (χ0) is 14.8. The molecule has 1 unspecified atom stereocenters. The molecule has 1 heterocycles. The van der Waals surface area contributed by atoms with Crippen molar-refractivity contribution in [2.24, 2.45) is 0 Å². The third kappa shape index (κ3) is 7.64. The highest BCUT2D eigenvalue weighted by molar-refractivity contribution is 6.18. The summed E-state index contributed by atoms with van der Waals surface area (Å²) in [5.74, 6) is -0.238. The van der Waals surface area contributed by atoms with Crippen molar-refractivity contribution >= 4 is 23.5 Å². The van der Waals surface area contributed by atoms with E-state index < -0.39 is 12.1 Å². The van der Waals surface area contributed by atoms with Crippen LogP contribution in [0.25, 0.3) is 0 Å². The molecule has 0 aliphatic carbocycles. The number of ether oxygens (including phenoxy) is 1. The molecule has 6 heteroatoms. The van der Waals surface area contributed by atoms with Crippen LogP contribution < -0.4 is 0 Å². The first-order valence-electron chi connectivity index (χ1n) is 5.91. The Labute approximate surface area is 118 Å². The van der Waals surface area contributed by atoms with Crippen LogP contribution in [0.15, 0.2) is 24.9 Å². The van der Waals surface area contributed by atoms with Crippen molar-refractivity contribution in [3.63, 3.8) is 0 Å². The molecule has 1 saturated heterocycles. The zero-order valence-electron chi connectivity index (χ0n) is 11.1. The van der Waals surface area contributed by atoms with Gasteiger partial charge in [-0.1, -0.05) is 13.2 Å². The average molecular weight is 290 g/mol. The van der Waals surface area contributed by atoms with Crippen LogP contribution in [0.2, 0.25) is 0 Å². The van der Waals surface area contributed by atoms with E-state index in [1.54, 1.807) is 11.1 Å². The highest BCUT2D eigenvalue weighted by Gasteiger charge is 2.16. The van der Waals surface area contributed by atoms with Gasteiger partial charge >= 0.3 is 5.97 Å². The van der Waals surface area contributed by atoms with Gasteiger partial charge < -0.3 is 14.7 Å². The van der Waals surface area contributed by atoms with Crippen LogP contribution in [0.5, 0.6) is 0 Å². The summed E-state index contributed by atoms with van der Waals surface area (Å²) in [7, 11) is 0. The van der Waals surface area contributed by atoms with Gasteiger partial charge in [-0.25, -0.2) is 4.79 Å². The number of aliphatic hydroxyl groups is 1. The normalized spacial score (nSPS) is 15.3. The van der Waals surface area contributed by atoms with E-state index in [-0.39, 0.29) is 18.4 Å². The summed E-state index contributed by atoms with van der Waals surface area (Å²) in [6.45, 7) is 9.19. The number of rotatable bonds is 5. The topological polar surface area (TPSA) is 66.8 Å². The zero-order valence-corrected chi connectivity index (χ0v) is 11.9. The molecule has 0 aromatic rings. The summed E-state index contributed by atoms with van der Waals surface area (Å²) in [5.41, 5.74) is 0.312. The highest BCUT2D eigenvalue weighted by Crippen LogP contribution is 2.08. The third-order valence-corrected chi connectivity index (χ3v) is 2.62. The van der Waals surface area contributed by atoms with Crippen molar-refractivity contribution < 1.29 is 19.4 Å². The van der Waals surface area contributed by atoms with Crippen molar-refractivity contribution in [2.45, 2.75) is 25.9 Å². The number of hydrogen-bond acceptors (Lipinski definition) is 4. The predicted molar refractivity (Wildman–Crippen MR) is 73.6 cm³/mol. The Bertz CT molecular complexity index is 344. The van der Waals surface area contributed by atoms with Crippen LogP contribution in [0.3, 0.4) is 0 Å². The van der Waals surface area contributed by atoms with Gasteiger partial charge in [0, 0.05) is 18.5 Å². The molecule has 1 fully saturated rings. The SMILES string of the molecule is C=C(C)C(=O)OCC(O)CCl.C=CN1CCCC1=O. The van der Waals surface area contributed by atoms with Crippen molar-refractivity contribution in [1.29, 1.82) is 0 Å². The smallest absolute Gasteiger partial charge is 0.333 e. The number of nitrogens with zero attached hydrogens (tertiary/aromatic N) is 1. The van der Waals surface area contributed by atoms with Gasteiger partial charge in [-0.3, -0.25) is 4.79 Å². The van der Waals surface area contributed by atoms with Gasteiger partial charge in [0.2, 0.25) is 5.91 Å². The van der Waals surface area contributed by atoms with E-state index in [4.69, 9.17) is 16.7 Å². The highest BCUT2D eigenvalue weighted by atomic mass is 35.5. The molecule has 0 aromatic heterocycles. The minimum Gasteiger partial charge on any atom is -0.460 e. The van der Waals surface area contributed by atoms with Gasteiger partial charge in [0.25, 0.3) is 0 Å². The second-order valence-corrected chi connectivity index (χ2v) is 4.37. The Morgan fingerprint density at radius 3 is 2.63 bits per heavy atom. The summed E-state index contributed by atoms with van der Waals surface area (Å²) in [5, 5.41) is 8.85. The van der Waals surface area contributed by atoms with E-state index in [2.05, 4.69) is 17.9 Å². The molecule has 1 aliphatic heterocycles. The summed E-state index contributed by atoms with van der Waals surface area (Å²) >= 11 is 5.25. The second-order valence-electron chi connectivity index (χ2n) is 4.06. The fourth-order valence-corrected chi connectivity index (χ4v) is 1.29. The Hall–Kier alpha value is -1.33. The first-order valence-corrected chi connectivity index (χ1v) is 6.44. The number of halogens is 1. The van der Waals surface area contributed by atoms with Crippen LogP contribution in [0.4, 0.5) is 0 Å². The maximum Gasteiger partial charge on any atom is 0.333 e. The van der Waals surface area contributed by atoms with Gasteiger partial charge in [-0.2, -0.15) is 0 Å². The lowest BCUT2D eigenvalue weighted by Crippen LogP contribution is -2.19. The summed E-state index contributed by atoms with van der Waals surface area (Å²) in [4.78, 5) is 23.0. The van der Waals surface area contributed by atoms with Crippen LogP contribution >= 0.6 is 11.6 Å². The third-order valence-electron chi connectivity index (χ3n) is 2.26. The first-order chi connectivity index (χ1) is 8.92. The molecule has 1 atom stereocenters. The van der Waals surface area contributed by atoms with Gasteiger partial charge in [-0.05, 0) is 19.5 Å². The lowest BCUT2D eigenvalue weighted by Gasteiger charge is -2.07. The molecule has 1 amide bonds. The van der Waals surface area contributed by atoms with E-state index in [1.807, 2.05) is 0 Å². The molecule has 19 heavy (non-hydrogen) atoms. The molecular formula is C13H20ClNO4. The number of aliphatic hydroxyl groups excluding tert-OH is 1. The molecule has 1 N–H and O–H groups in total. The van der Waals surface area contributed by atoms with Gasteiger partial charge in [-0.15, -0.1) is 11.6 Å². The number of hydrogen-bond donors (Lipinski definition) is 1. The standard InChI is InChI=1S/C7H11ClO3.C6H9NO/c1-5(2)7(10)11-4-6(9)3-8;1-2-7-5-3-4-6(7)8/h6,9H,1,3-4H2,2H3;2H,1,3-5H2. The Morgan fingerprint density at radius 1 is 1.68 bits per heavy atom. The Kier molecular flexibility index (Phi) is 8.91. The van der Waals surface area contributed by atoms with Gasteiger partial charge in [0.1, 0.15) is 12.7 Å². The van der Waals surface area contributed by atoms with Gasteiger partial charge in [0.05, 0.1) is 5.88 Å². The predicted octanol–water partition coefficient (Wildman–Crippen LogP) is 1.46. The quantitative estimate of drug-likeness (QED) is 0.473. The molecule has 0 spiro atoms. The van der Waals surface area contributed by atoms with E-state index in [0.29, 0.717) is 12.0 Å². The van der Waals surface area contributed by atoms with Crippen LogP contribution in [0.1, 0.15) is 19.8 Å². The number of esters is 1. The Morgan fingerprint density at radius 2 is 2.32 bits per heavy atom.